The summed E-state index contributed by atoms with van der Waals surface area (Å²) in [6.45, 7) is 0.258. The topological polar surface area (TPSA) is 92.5 Å². The lowest BCUT2D eigenvalue weighted by molar-refractivity contribution is -0.145. The number of hydrogen-bond donors (Lipinski definition) is 1. The molecule has 8 heteroatoms. The van der Waals surface area contributed by atoms with Gasteiger partial charge in [-0.25, -0.2) is 9.07 Å². The third kappa shape index (κ3) is 3.79. The molecule has 26 heavy (non-hydrogen) atoms. The van der Waals surface area contributed by atoms with Crippen LogP contribution in [0, 0.1) is 11.7 Å². The average Bonchev–Trinajstić information content (AvgIpc) is 2.64. The van der Waals surface area contributed by atoms with Gasteiger partial charge >= 0.3 is 5.97 Å². The van der Waals surface area contributed by atoms with Gasteiger partial charge in [0, 0.05) is 24.7 Å². The lowest BCUT2D eigenvalue weighted by atomic mass is 9.98. The van der Waals surface area contributed by atoms with Gasteiger partial charge in [0.25, 0.3) is 5.56 Å². The number of benzene rings is 1. The van der Waals surface area contributed by atoms with Gasteiger partial charge in [-0.05, 0) is 31.0 Å². The smallest absolute Gasteiger partial charge is 0.308 e. The van der Waals surface area contributed by atoms with Crippen LogP contribution in [0.3, 0.4) is 0 Å². The van der Waals surface area contributed by atoms with Gasteiger partial charge in [-0.2, -0.15) is 5.10 Å². The van der Waals surface area contributed by atoms with Gasteiger partial charge in [-0.3, -0.25) is 14.4 Å². The standard InChI is InChI=1S/C18H18FN3O4/c19-14-6-2-1-5-13(14)15-7-8-16(23)22(20-15)11-17(24)21-9-3-4-12(10-21)18(25)26/h1-2,5-8,12H,3-4,9-11H2,(H,25,26)/t12-/m1/s1. The Morgan fingerprint density at radius 2 is 2.00 bits per heavy atom. The maximum absolute atomic E-state index is 13.9. The van der Waals surface area contributed by atoms with E-state index in [1.165, 1.54) is 29.2 Å². The maximum Gasteiger partial charge on any atom is 0.308 e. The quantitative estimate of drug-likeness (QED) is 0.890. The van der Waals surface area contributed by atoms with Gasteiger partial charge in [-0.15, -0.1) is 0 Å². The molecule has 1 fully saturated rings. The first-order valence-electron chi connectivity index (χ1n) is 8.29. The van der Waals surface area contributed by atoms with Crippen LogP contribution in [0.5, 0.6) is 0 Å². The monoisotopic (exact) mass is 359 g/mol. The van der Waals surface area contributed by atoms with Gasteiger partial charge in [0.2, 0.25) is 5.91 Å². The fraction of sp³-hybridized carbons (Fsp3) is 0.333. The molecule has 0 bridgehead atoms. The molecule has 0 saturated carbocycles. The summed E-state index contributed by atoms with van der Waals surface area (Å²) in [4.78, 5) is 37.0. The van der Waals surface area contributed by atoms with Crippen LogP contribution in [0.4, 0.5) is 4.39 Å². The zero-order valence-corrected chi connectivity index (χ0v) is 14.0. The average molecular weight is 359 g/mol. The van der Waals surface area contributed by atoms with Gasteiger partial charge in [0.05, 0.1) is 11.6 Å². The minimum absolute atomic E-state index is 0.121. The van der Waals surface area contributed by atoms with Crippen LogP contribution in [0.25, 0.3) is 11.3 Å². The molecule has 0 radical (unpaired) electrons. The highest BCUT2D eigenvalue weighted by molar-refractivity contribution is 5.77. The normalized spacial score (nSPS) is 17.1. The molecule has 136 valence electrons. The highest BCUT2D eigenvalue weighted by Crippen LogP contribution is 2.19. The van der Waals surface area contributed by atoms with Gasteiger partial charge in [0.15, 0.2) is 0 Å². The van der Waals surface area contributed by atoms with Crippen molar-refractivity contribution in [3.05, 3.63) is 52.6 Å². The fourth-order valence-corrected chi connectivity index (χ4v) is 3.01. The summed E-state index contributed by atoms with van der Waals surface area (Å²) < 4.78 is 14.9. The Kier molecular flexibility index (Phi) is 5.11. The summed E-state index contributed by atoms with van der Waals surface area (Å²) in [6.07, 6.45) is 1.13. The zero-order valence-electron chi connectivity index (χ0n) is 14.0. The number of carboxylic acid groups (broad SMARTS) is 1. The summed E-state index contributed by atoms with van der Waals surface area (Å²) in [6, 6.07) is 8.67. The van der Waals surface area contributed by atoms with Crippen molar-refractivity contribution >= 4 is 11.9 Å². The Hall–Kier alpha value is -3.03. The van der Waals surface area contributed by atoms with E-state index in [4.69, 9.17) is 5.11 Å². The summed E-state index contributed by atoms with van der Waals surface area (Å²) in [7, 11) is 0. The third-order valence-electron chi connectivity index (χ3n) is 4.42. The van der Waals surface area contributed by atoms with Crippen LogP contribution in [0.2, 0.25) is 0 Å². The molecule has 1 aliphatic rings. The van der Waals surface area contributed by atoms with Crippen molar-refractivity contribution in [1.29, 1.82) is 0 Å². The minimum atomic E-state index is -0.931. The second kappa shape index (κ2) is 7.47. The molecule has 1 saturated heterocycles. The molecule has 0 unspecified atom stereocenters. The number of halogens is 1. The number of hydrogen-bond acceptors (Lipinski definition) is 4. The fourth-order valence-electron chi connectivity index (χ4n) is 3.01. The van der Waals surface area contributed by atoms with Crippen molar-refractivity contribution in [2.45, 2.75) is 19.4 Å². The van der Waals surface area contributed by atoms with E-state index in [0.717, 1.165) is 4.68 Å². The minimum Gasteiger partial charge on any atom is -0.481 e. The summed E-state index contributed by atoms with van der Waals surface area (Å²) in [5.41, 5.74) is 0.000373. The Bertz CT molecular complexity index is 896. The van der Waals surface area contributed by atoms with Gasteiger partial charge in [0.1, 0.15) is 12.4 Å². The molecule has 3 rings (SSSR count). The summed E-state index contributed by atoms with van der Waals surface area (Å²) >= 11 is 0. The number of likely N-dealkylation sites (tertiary alicyclic amines) is 1. The lowest BCUT2D eigenvalue weighted by Crippen LogP contribution is -2.44. The van der Waals surface area contributed by atoms with Crippen LogP contribution >= 0.6 is 0 Å². The number of aromatic nitrogens is 2. The van der Waals surface area contributed by atoms with Crippen molar-refractivity contribution in [1.82, 2.24) is 14.7 Å². The molecular weight excluding hydrogens is 341 g/mol. The number of rotatable bonds is 4. The van der Waals surface area contributed by atoms with E-state index in [1.807, 2.05) is 0 Å². The number of amides is 1. The van der Waals surface area contributed by atoms with Gasteiger partial charge < -0.3 is 10.0 Å². The number of nitrogens with zero attached hydrogens (tertiary/aromatic N) is 3. The number of carboxylic acids is 1. The Balaban J connectivity index is 1.80. The number of aliphatic carboxylic acids is 1. The van der Waals surface area contributed by atoms with Crippen LogP contribution in [-0.2, 0) is 16.1 Å². The first-order valence-corrected chi connectivity index (χ1v) is 8.29. The molecule has 1 aromatic carbocycles. The van der Waals surface area contributed by atoms with Crippen molar-refractivity contribution in [3.63, 3.8) is 0 Å². The van der Waals surface area contributed by atoms with Crippen molar-refractivity contribution in [2.24, 2.45) is 5.92 Å². The van der Waals surface area contributed by atoms with E-state index in [2.05, 4.69) is 5.10 Å². The number of carbonyl (C=O) groups excluding carboxylic acids is 1. The van der Waals surface area contributed by atoms with Crippen LogP contribution in [0.15, 0.2) is 41.2 Å². The Morgan fingerprint density at radius 3 is 2.73 bits per heavy atom. The molecule has 1 amide bonds. The van der Waals surface area contributed by atoms with E-state index >= 15 is 0 Å². The summed E-state index contributed by atoms with van der Waals surface area (Å²) in [5.74, 6) is -2.38. The first kappa shape index (κ1) is 17.8. The van der Waals surface area contributed by atoms with E-state index in [1.54, 1.807) is 12.1 Å². The SMILES string of the molecule is O=C(O)[C@@H]1CCCN(C(=O)Cn2nc(-c3ccccc3F)ccc2=O)C1. The zero-order chi connectivity index (χ0) is 18.7. The van der Waals surface area contributed by atoms with Crippen molar-refractivity contribution < 1.29 is 19.1 Å². The molecule has 1 aliphatic heterocycles. The molecule has 2 heterocycles. The summed E-state index contributed by atoms with van der Waals surface area (Å²) in [5, 5.41) is 13.2. The largest absolute Gasteiger partial charge is 0.481 e. The molecule has 7 nitrogen and oxygen atoms in total. The van der Waals surface area contributed by atoms with Crippen molar-refractivity contribution in [2.75, 3.05) is 13.1 Å². The van der Waals surface area contributed by atoms with Crippen LogP contribution in [-0.4, -0.2) is 44.8 Å². The highest BCUT2D eigenvalue weighted by Gasteiger charge is 2.28. The van der Waals surface area contributed by atoms with E-state index in [0.29, 0.717) is 19.4 Å². The third-order valence-corrected chi connectivity index (χ3v) is 4.42. The first-order chi connectivity index (χ1) is 12.5. The second-order valence-corrected chi connectivity index (χ2v) is 6.21. The van der Waals surface area contributed by atoms with E-state index in [9.17, 15) is 18.8 Å². The molecular formula is C18H18FN3O4. The molecule has 0 aliphatic carbocycles. The Labute approximate surface area is 148 Å². The second-order valence-electron chi connectivity index (χ2n) is 6.21. The van der Waals surface area contributed by atoms with Crippen LogP contribution in [0.1, 0.15) is 12.8 Å². The lowest BCUT2D eigenvalue weighted by Gasteiger charge is -2.30. The Morgan fingerprint density at radius 1 is 1.23 bits per heavy atom. The van der Waals surface area contributed by atoms with Crippen molar-refractivity contribution in [3.8, 4) is 11.3 Å². The van der Waals surface area contributed by atoms with Gasteiger partial charge in [-0.1, -0.05) is 12.1 Å². The predicted molar refractivity (Wildman–Crippen MR) is 90.8 cm³/mol. The highest BCUT2D eigenvalue weighted by atomic mass is 19.1. The number of carbonyl (C=O) groups is 2. The molecule has 0 spiro atoms. The molecule has 1 N–H and O–H groups in total. The number of piperidine rings is 1. The maximum atomic E-state index is 13.9. The predicted octanol–water partition coefficient (Wildman–Crippen LogP) is 1.37. The molecule has 1 aromatic heterocycles. The van der Waals surface area contributed by atoms with E-state index in [-0.39, 0.29) is 30.3 Å². The molecule has 1 atom stereocenters. The van der Waals surface area contributed by atoms with E-state index < -0.39 is 23.3 Å². The van der Waals surface area contributed by atoms with Crippen LogP contribution < -0.4 is 5.56 Å². The molecule has 2 aromatic rings.